The van der Waals surface area contributed by atoms with Crippen molar-refractivity contribution in [2.45, 2.75) is 26.4 Å². The highest BCUT2D eigenvalue weighted by Crippen LogP contribution is 2.16. The molecule has 0 saturated carbocycles. The number of carbonyl (C=O) groups excluding carboxylic acids is 1. The van der Waals surface area contributed by atoms with E-state index < -0.39 is 28.2 Å². The van der Waals surface area contributed by atoms with Gasteiger partial charge in [-0.1, -0.05) is 0 Å². The van der Waals surface area contributed by atoms with Gasteiger partial charge in [0.1, 0.15) is 12.7 Å². The van der Waals surface area contributed by atoms with Gasteiger partial charge in [-0.05, 0) is 13.8 Å². The van der Waals surface area contributed by atoms with Gasteiger partial charge in [-0.25, -0.2) is 4.79 Å². The summed E-state index contributed by atoms with van der Waals surface area (Å²) in [6, 6.07) is -0.0815. The smallest absolute Gasteiger partial charge is 0.363 e. The van der Waals surface area contributed by atoms with E-state index in [1.54, 1.807) is 13.8 Å². The summed E-state index contributed by atoms with van der Waals surface area (Å²) < 4.78 is 0.930. The Hall–Kier alpha value is -2.45. The van der Waals surface area contributed by atoms with Gasteiger partial charge in [0.2, 0.25) is 11.6 Å². The Kier molecular flexibility index (Phi) is 3.97. The molecule has 2 N–H and O–H groups in total. The molecular formula is C9H12N4O5. The molecule has 1 heterocycles. The summed E-state index contributed by atoms with van der Waals surface area (Å²) in [5, 5.41) is 25.4. The third-order valence-electron chi connectivity index (χ3n) is 1.90. The van der Waals surface area contributed by atoms with Crippen LogP contribution in [0.5, 0.6) is 0 Å². The number of aromatic nitrogens is 2. The van der Waals surface area contributed by atoms with Crippen LogP contribution in [0, 0.1) is 10.1 Å². The number of hydrogen-bond donors (Lipinski definition) is 2. The van der Waals surface area contributed by atoms with E-state index in [2.05, 4.69) is 10.4 Å². The molecule has 1 aromatic rings. The Balaban J connectivity index is 2.92. The zero-order valence-electron chi connectivity index (χ0n) is 9.78. The third kappa shape index (κ3) is 3.27. The minimum Gasteiger partial charge on any atom is -0.476 e. The molecule has 0 radical (unpaired) electrons. The van der Waals surface area contributed by atoms with E-state index in [-0.39, 0.29) is 12.6 Å². The first kappa shape index (κ1) is 13.6. The minimum absolute atomic E-state index is 0.0815. The van der Waals surface area contributed by atoms with E-state index in [4.69, 9.17) is 5.11 Å². The van der Waals surface area contributed by atoms with Crippen molar-refractivity contribution >= 4 is 17.6 Å². The molecule has 9 nitrogen and oxygen atoms in total. The Morgan fingerprint density at radius 2 is 2.22 bits per heavy atom. The quantitative estimate of drug-likeness (QED) is 0.564. The highest BCUT2D eigenvalue weighted by atomic mass is 16.6. The molecule has 0 aromatic carbocycles. The molecule has 0 aliphatic heterocycles. The van der Waals surface area contributed by atoms with Crippen LogP contribution in [0.15, 0.2) is 6.20 Å². The van der Waals surface area contributed by atoms with Crippen molar-refractivity contribution in [3.8, 4) is 0 Å². The lowest BCUT2D eigenvalue weighted by molar-refractivity contribution is -0.385. The fraction of sp³-hybridized carbons (Fsp3) is 0.444. The predicted octanol–water partition coefficient (Wildman–Crippen LogP) is 0.0141. The fourth-order valence-electron chi connectivity index (χ4n) is 1.29. The van der Waals surface area contributed by atoms with E-state index in [0.717, 1.165) is 10.9 Å². The van der Waals surface area contributed by atoms with Crippen LogP contribution in [0.1, 0.15) is 24.3 Å². The number of aromatic carboxylic acids is 1. The normalized spacial score (nSPS) is 10.4. The molecule has 0 bridgehead atoms. The SMILES string of the molecule is CC(C)NC(=O)Cn1cc([N+](=O)[O-])c(C(=O)O)n1. The number of nitrogens with zero attached hydrogens (tertiary/aromatic N) is 3. The zero-order valence-corrected chi connectivity index (χ0v) is 9.78. The van der Waals surface area contributed by atoms with Gasteiger partial charge in [0.15, 0.2) is 0 Å². The van der Waals surface area contributed by atoms with Crippen LogP contribution in [0.4, 0.5) is 5.69 Å². The van der Waals surface area contributed by atoms with Gasteiger partial charge in [0.25, 0.3) is 0 Å². The van der Waals surface area contributed by atoms with Crippen molar-refractivity contribution in [2.75, 3.05) is 0 Å². The number of rotatable bonds is 5. The fourth-order valence-corrected chi connectivity index (χ4v) is 1.29. The lowest BCUT2D eigenvalue weighted by atomic mass is 10.4. The zero-order chi connectivity index (χ0) is 13.9. The maximum Gasteiger partial charge on any atom is 0.363 e. The van der Waals surface area contributed by atoms with Crippen LogP contribution >= 0.6 is 0 Å². The second-order valence-electron chi connectivity index (χ2n) is 3.85. The van der Waals surface area contributed by atoms with Gasteiger partial charge in [0.05, 0.1) is 4.92 Å². The van der Waals surface area contributed by atoms with Gasteiger partial charge < -0.3 is 10.4 Å². The molecule has 0 fully saturated rings. The van der Waals surface area contributed by atoms with E-state index in [1.165, 1.54) is 0 Å². The van der Waals surface area contributed by atoms with E-state index in [9.17, 15) is 19.7 Å². The number of carboxylic acids is 1. The van der Waals surface area contributed by atoms with Crippen molar-refractivity contribution in [3.63, 3.8) is 0 Å². The van der Waals surface area contributed by atoms with E-state index in [1.807, 2.05) is 0 Å². The highest BCUT2D eigenvalue weighted by Gasteiger charge is 2.25. The summed E-state index contributed by atoms with van der Waals surface area (Å²) in [5.74, 6) is -1.91. The summed E-state index contributed by atoms with van der Waals surface area (Å²) in [4.78, 5) is 31.9. The first-order valence-electron chi connectivity index (χ1n) is 5.05. The predicted molar refractivity (Wildman–Crippen MR) is 59.1 cm³/mol. The van der Waals surface area contributed by atoms with Crippen molar-refractivity contribution in [1.82, 2.24) is 15.1 Å². The second-order valence-corrected chi connectivity index (χ2v) is 3.85. The number of nitro groups is 1. The van der Waals surface area contributed by atoms with Crippen molar-refractivity contribution < 1.29 is 19.6 Å². The topological polar surface area (TPSA) is 127 Å². The molecule has 0 atom stereocenters. The molecular weight excluding hydrogens is 244 g/mol. The van der Waals surface area contributed by atoms with Crippen LogP contribution in [-0.4, -0.2) is 37.7 Å². The lowest BCUT2D eigenvalue weighted by Crippen LogP contribution is -2.33. The summed E-state index contributed by atoms with van der Waals surface area (Å²) in [7, 11) is 0. The Labute approximate surface area is 102 Å². The Bertz CT molecular complexity index is 462. The summed E-state index contributed by atoms with van der Waals surface area (Å²) >= 11 is 0. The van der Waals surface area contributed by atoms with Crippen LogP contribution in [0.2, 0.25) is 0 Å². The van der Waals surface area contributed by atoms with Crippen LogP contribution in [0.3, 0.4) is 0 Å². The molecule has 98 valence electrons. The Morgan fingerprint density at radius 3 is 2.61 bits per heavy atom. The molecule has 1 rings (SSSR count). The van der Waals surface area contributed by atoms with Crippen molar-refractivity contribution in [3.05, 3.63) is 22.0 Å². The Morgan fingerprint density at radius 1 is 1.61 bits per heavy atom. The van der Waals surface area contributed by atoms with Gasteiger partial charge in [-0.3, -0.25) is 19.6 Å². The van der Waals surface area contributed by atoms with Gasteiger partial charge >= 0.3 is 11.7 Å². The standard InChI is InChI=1S/C9H12N4O5/c1-5(2)10-7(14)4-12-3-6(13(17)18)8(11-12)9(15)16/h3,5H,4H2,1-2H3,(H,10,14)(H,15,16). The maximum atomic E-state index is 11.4. The first-order valence-corrected chi connectivity index (χ1v) is 5.05. The van der Waals surface area contributed by atoms with Crippen LogP contribution in [-0.2, 0) is 11.3 Å². The number of carbonyl (C=O) groups is 2. The monoisotopic (exact) mass is 256 g/mol. The second kappa shape index (κ2) is 5.25. The molecule has 0 unspecified atom stereocenters. The number of amides is 1. The van der Waals surface area contributed by atoms with Gasteiger partial charge in [0, 0.05) is 6.04 Å². The van der Waals surface area contributed by atoms with Crippen molar-refractivity contribution in [1.29, 1.82) is 0 Å². The summed E-state index contributed by atoms with van der Waals surface area (Å²) in [6.45, 7) is 3.24. The molecule has 1 amide bonds. The largest absolute Gasteiger partial charge is 0.476 e. The third-order valence-corrected chi connectivity index (χ3v) is 1.90. The molecule has 0 aliphatic carbocycles. The maximum absolute atomic E-state index is 11.4. The highest BCUT2D eigenvalue weighted by molar-refractivity contribution is 5.90. The van der Waals surface area contributed by atoms with Gasteiger partial charge in [-0.2, -0.15) is 5.10 Å². The molecule has 0 spiro atoms. The minimum atomic E-state index is -1.51. The van der Waals surface area contributed by atoms with Crippen LogP contribution in [0.25, 0.3) is 0 Å². The van der Waals surface area contributed by atoms with Crippen molar-refractivity contribution in [2.24, 2.45) is 0 Å². The number of hydrogen-bond acceptors (Lipinski definition) is 5. The first-order chi connectivity index (χ1) is 8.31. The van der Waals surface area contributed by atoms with E-state index in [0.29, 0.717) is 0 Å². The van der Waals surface area contributed by atoms with E-state index >= 15 is 0 Å². The lowest BCUT2D eigenvalue weighted by Gasteiger charge is -2.07. The average Bonchev–Trinajstić information content (AvgIpc) is 2.60. The summed E-state index contributed by atoms with van der Waals surface area (Å²) in [5.41, 5.74) is -1.32. The molecule has 0 aliphatic rings. The molecule has 18 heavy (non-hydrogen) atoms. The molecule has 0 saturated heterocycles. The number of nitrogens with one attached hydrogen (secondary N) is 1. The van der Waals surface area contributed by atoms with Gasteiger partial charge in [-0.15, -0.1) is 0 Å². The molecule has 1 aromatic heterocycles. The number of carboxylic acid groups (broad SMARTS) is 1. The van der Waals surface area contributed by atoms with Crippen LogP contribution < -0.4 is 5.32 Å². The molecule has 9 heteroatoms. The average molecular weight is 256 g/mol. The summed E-state index contributed by atoms with van der Waals surface area (Å²) in [6.07, 6.45) is 0.920.